The van der Waals surface area contributed by atoms with Crippen molar-refractivity contribution in [3.63, 3.8) is 0 Å². The normalized spacial score (nSPS) is 16.7. The van der Waals surface area contributed by atoms with E-state index in [9.17, 15) is 18.0 Å². The van der Waals surface area contributed by atoms with E-state index in [4.69, 9.17) is 5.73 Å². The van der Waals surface area contributed by atoms with Crippen LogP contribution >= 0.6 is 0 Å². The van der Waals surface area contributed by atoms with E-state index in [0.29, 0.717) is 24.3 Å². The zero-order chi connectivity index (χ0) is 20.5. The van der Waals surface area contributed by atoms with Crippen LogP contribution in [0.4, 0.5) is 19.0 Å². The lowest BCUT2D eigenvalue weighted by Crippen LogP contribution is -2.28. The van der Waals surface area contributed by atoms with Crippen molar-refractivity contribution < 1.29 is 13.2 Å². The van der Waals surface area contributed by atoms with Crippen molar-refractivity contribution in [1.82, 2.24) is 15.3 Å². The second-order valence-electron chi connectivity index (χ2n) is 7.17. The van der Waals surface area contributed by atoms with Gasteiger partial charge in [-0.3, -0.25) is 4.79 Å². The summed E-state index contributed by atoms with van der Waals surface area (Å²) >= 11 is 0. The summed E-state index contributed by atoms with van der Waals surface area (Å²) in [5.41, 5.74) is 6.45. The third-order valence-electron chi connectivity index (χ3n) is 5.05. The van der Waals surface area contributed by atoms with E-state index in [1.807, 2.05) is 0 Å². The van der Waals surface area contributed by atoms with Gasteiger partial charge in [-0.05, 0) is 18.6 Å². The first kappa shape index (κ1) is 19.4. The Kier molecular flexibility index (Phi) is 5.25. The molecule has 0 saturated carbocycles. The van der Waals surface area contributed by atoms with Gasteiger partial charge in [0, 0.05) is 55.6 Å². The zero-order valence-electron chi connectivity index (χ0n) is 15.5. The Morgan fingerprint density at radius 1 is 1.17 bits per heavy atom. The van der Waals surface area contributed by atoms with Gasteiger partial charge in [-0.2, -0.15) is 0 Å². The third-order valence-corrected chi connectivity index (χ3v) is 5.05. The molecule has 1 unspecified atom stereocenters. The summed E-state index contributed by atoms with van der Waals surface area (Å²) < 4.78 is 41.2. The van der Waals surface area contributed by atoms with Gasteiger partial charge in [-0.25, -0.2) is 18.2 Å². The molecule has 1 fully saturated rings. The highest BCUT2D eigenvalue weighted by Crippen LogP contribution is 2.23. The van der Waals surface area contributed by atoms with Crippen molar-refractivity contribution in [3.8, 4) is 0 Å². The number of fused-ring (bicyclic) bond motifs is 1. The van der Waals surface area contributed by atoms with Crippen LogP contribution in [-0.2, 0) is 13.1 Å². The van der Waals surface area contributed by atoms with Crippen LogP contribution in [0.15, 0.2) is 35.3 Å². The van der Waals surface area contributed by atoms with Gasteiger partial charge >= 0.3 is 0 Å². The van der Waals surface area contributed by atoms with E-state index in [1.54, 1.807) is 4.90 Å². The number of anilines is 1. The largest absolute Gasteiger partial charge is 0.353 e. The van der Waals surface area contributed by atoms with Crippen molar-refractivity contribution in [1.29, 1.82) is 0 Å². The standard InChI is InChI=1S/C20H20F3N5O/c21-13-2-1-11(16(22)5-13)7-25-8-12-9-26-19-15(18(12)29)6-17(23)20(27-19)28-4-3-14(24)10-28/h1-2,5-6,9,14,25H,3-4,7-8,10,24H2,(H,26,27,29). The number of hydrogen-bond acceptors (Lipinski definition) is 5. The summed E-state index contributed by atoms with van der Waals surface area (Å²) in [6, 6.07) is 4.48. The molecule has 0 radical (unpaired) electrons. The Balaban J connectivity index is 1.53. The summed E-state index contributed by atoms with van der Waals surface area (Å²) in [6.07, 6.45) is 2.26. The Morgan fingerprint density at radius 2 is 1.97 bits per heavy atom. The molecule has 1 aliphatic rings. The number of aromatic nitrogens is 2. The van der Waals surface area contributed by atoms with E-state index < -0.39 is 17.5 Å². The molecule has 0 spiro atoms. The highest BCUT2D eigenvalue weighted by Gasteiger charge is 2.24. The molecule has 152 valence electrons. The molecule has 29 heavy (non-hydrogen) atoms. The lowest BCUT2D eigenvalue weighted by atomic mass is 10.1. The molecule has 4 rings (SSSR count). The van der Waals surface area contributed by atoms with Crippen LogP contribution in [0.5, 0.6) is 0 Å². The summed E-state index contributed by atoms with van der Waals surface area (Å²) in [4.78, 5) is 21.7. The molecule has 1 aliphatic heterocycles. The number of aromatic amines is 1. The topological polar surface area (TPSA) is 87.0 Å². The minimum atomic E-state index is -0.662. The molecule has 1 atom stereocenters. The van der Waals surface area contributed by atoms with E-state index in [-0.39, 0.29) is 41.3 Å². The van der Waals surface area contributed by atoms with Crippen LogP contribution in [0.2, 0.25) is 0 Å². The fourth-order valence-electron chi connectivity index (χ4n) is 3.49. The number of nitrogens with one attached hydrogen (secondary N) is 2. The van der Waals surface area contributed by atoms with E-state index >= 15 is 0 Å². The van der Waals surface area contributed by atoms with Crippen LogP contribution < -0.4 is 21.4 Å². The first-order valence-corrected chi connectivity index (χ1v) is 9.28. The van der Waals surface area contributed by atoms with Crippen molar-refractivity contribution in [2.24, 2.45) is 5.73 Å². The molecule has 4 N–H and O–H groups in total. The predicted octanol–water partition coefficient (Wildman–Crippen LogP) is 2.17. The van der Waals surface area contributed by atoms with Crippen molar-refractivity contribution in [2.45, 2.75) is 25.6 Å². The molecule has 0 amide bonds. The molecule has 9 heteroatoms. The molecule has 1 aromatic carbocycles. The Labute approximate surface area is 164 Å². The fourth-order valence-corrected chi connectivity index (χ4v) is 3.49. The highest BCUT2D eigenvalue weighted by molar-refractivity contribution is 5.77. The molecule has 3 heterocycles. The fraction of sp³-hybridized carbons (Fsp3) is 0.300. The van der Waals surface area contributed by atoms with E-state index in [1.165, 1.54) is 24.4 Å². The first-order chi connectivity index (χ1) is 13.9. The molecule has 0 bridgehead atoms. The molecule has 3 aromatic rings. The monoisotopic (exact) mass is 403 g/mol. The van der Waals surface area contributed by atoms with Crippen LogP contribution in [0, 0.1) is 17.5 Å². The van der Waals surface area contributed by atoms with Gasteiger partial charge in [-0.1, -0.05) is 6.07 Å². The second kappa shape index (κ2) is 7.84. The third kappa shape index (κ3) is 3.96. The number of halogens is 3. The average Bonchev–Trinajstić information content (AvgIpc) is 3.11. The van der Waals surface area contributed by atoms with Crippen LogP contribution in [0.1, 0.15) is 17.5 Å². The Bertz CT molecular complexity index is 1120. The van der Waals surface area contributed by atoms with Crippen molar-refractivity contribution in [2.75, 3.05) is 18.0 Å². The number of pyridine rings is 2. The minimum absolute atomic E-state index is 0.0228. The number of nitrogens with two attached hydrogens (primary N) is 1. The van der Waals surface area contributed by atoms with Gasteiger partial charge in [0.25, 0.3) is 0 Å². The summed E-state index contributed by atoms with van der Waals surface area (Å²) in [5, 5.41) is 3.08. The lowest BCUT2D eigenvalue weighted by Gasteiger charge is -2.18. The minimum Gasteiger partial charge on any atom is -0.353 e. The summed E-state index contributed by atoms with van der Waals surface area (Å²) in [6.45, 7) is 1.38. The average molecular weight is 403 g/mol. The quantitative estimate of drug-likeness (QED) is 0.608. The van der Waals surface area contributed by atoms with E-state index in [0.717, 1.165) is 12.5 Å². The lowest BCUT2D eigenvalue weighted by molar-refractivity contribution is 0.560. The van der Waals surface area contributed by atoms with Gasteiger partial charge in [0.05, 0.1) is 5.39 Å². The predicted molar refractivity (Wildman–Crippen MR) is 104 cm³/mol. The molecular formula is C20H20F3N5O. The maximum absolute atomic E-state index is 14.6. The first-order valence-electron chi connectivity index (χ1n) is 9.28. The number of rotatable bonds is 5. The maximum atomic E-state index is 14.6. The zero-order valence-corrected chi connectivity index (χ0v) is 15.5. The molecule has 1 saturated heterocycles. The van der Waals surface area contributed by atoms with Gasteiger partial charge in [0.15, 0.2) is 17.1 Å². The van der Waals surface area contributed by atoms with Crippen LogP contribution in [0.3, 0.4) is 0 Å². The number of H-pyrrole nitrogens is 1. The summed E-state index contributed by atoms with van der Waals surface area (Å²) in [7, 11) is 0. The van der Waals surface area contributed by atoms with Crippen molar-refractivity contribution >= 4 is 16.9 Å². The molecule has 6 nitrogen and oxygen atoms in total. The van der Waals surface area contributed by atoms with Gasteiger partial charge in [-0.15, -0.1) is 0 Å². The van der Waals surface area contributed by atoms with Crippen molar-refractivity contribution in [3.05, 3.63) is 69.3 Å². The Morgan fingerprint density at radius 3 is 2.69 bits per heavy atom. The smallest absolute Gasteiger partial charge is 0.195 e. The van der Waals surface area contributed by atoms with Gasteiger partial charge in [0.2, 0.25) is 0 Å². The van der Waals surface area contributed by atoms with Gasteiger partial charge in [0.1, 0.15) is 17.3 Å². The maximum Gasteiger partial charge on any atom is 0.195 e. The van der Waals surface area contributed by atoms with E-state index in [2.05, 4.69) is 15.3 Å². The highest BCUT2D eigenvalue weighted by atomic mass is 19.1. The second-order valence-corrected chi connectivity index (χ2v) is 7.17. The Hall–Kier alpha value is -2.91. The molecule has 2 aromatic heterocycles. The number of hydrogen-bond donors (Lipinski definition) is 3. The number of benzene rings is 1. The molecule has 0 aliphatic carbocycles. The SMILES string of the molecule is NC1CCN(c2nc3[nH]cc(CNCc4ccc(F)cc4F)c(=O)c3cc2F)C1. The van der Waals surface area contributed by atoms with Crippen LogP contribution in [0.25, 0.3) is 11.0 Å². The number of nitrogens with zero attached hydrogens (tertiary/aromatic N) is 2. The van der Waals surface area contributed by atoms with Crippen LogP contribution in [-0.4, -0.2) is 29.1 Å². The summed E-state index contributed by atoms with van der Waals surface area (Å²) in [5.74, 6) is -1.71. The van der Waals surface area contributed by atoms with Gasteiger partial charge < -0.3 is 20.9 Å². The molecular weight excluding hydrogens is 383 g/mol.